The van der Waals surface area contributed by atoms with E-state index in [1.54, 1.807) is 24.1 Å². The Kier molecular flexibility index (Phi) is 5.30. The Morgan fingerprint density at radius 1 is 1.35 bits per heavy atom. The number of nitriles is 1. The first-order valence-corrected chi connectivity index (χ1v) is 8.90. The van der Waals surface area contributed by atoms with E-state index in [4.69, 9.17) is 28.5 Å². The molecule has 0 radical (unpaired) electrons. The molecule has 1 aliphatic rings. The van der Waals surface area contributed by atoms with Gasteiger partial charge in [-0.05, 0) is 31.9 Å². The fourth-order valence-electron chi connectivity index (χ4n) is 3.18. The molecule has 1 saturated heterocycles. The molecule has 0 bridgehead atoms. The van der Waals surface area contributed by atoms with Gasteiger partial charge in [0.2, 0.25) is 0 Å². The molecule has 2 aromatic rings. The zero-order valence-corrected chi connectivity index (χ0v) is 15.6. The highest BCUT2D eigenvalue weighted by atomic mass is 35.5. The van der Waals surface area contributed by atoms with Gasteiger partial charge in [-0.15, -0.1) is 0 Å². The van der Waals surface area contributed by atoms with Crippen LogP contribution in [0.2, 0.25) is 10.0 Å². The molecule has 8 heteroatoms. The normalized spacial score (nSPS) is 14.9. The topological polar surface area (TPSA) is 89.8 Å². The Morgan fingerprint density at radius 3 is 2.65 bits per heavy atom. The van der Waals surface area contributed by atoms with Crippen LogP contribution in [0.15, 0.2) is 23.1 Å². The van der Waals surface area contributed by atoms with Crippen molar-refractivity contribution in [2.75, 3.05) is 13.1 Å². The van der Waals surface area contributed by atoms with Crippen LogP contribution in [0.25, 0.3) is 0 Å². The van der Waals surface area contributed by atoms with E-state index in [1.807, 2.05) is 6.07 Å². The van der Waals surface area contributed by atoms with Crippen molar-refractivity contribution in [2.24, 2.45) is 0 Å². The van der Waals surface area contributed by atoms with E-state index in [1.165, 1.54) is 6.07 Å². The highest BCUT2D eigenvalue weighted by Gasteiger charge is 2.27. The molecule has 0 aromatic carbocycles. The lowest BCUT2D eigenvalue weighted by Gasteiger charge is -2.32. The van der Waals surface area contributed by atoms with Crippen molar-refractivity contribution in [1.82, 2.24) is 14.9 Å². The molecular formula is C18H16Cl2N4O2. The highest BCUT2D eigenvalue weighted by Crippen LogP contribution is 2.32. The van der Waals surface area contributed by atoms with E-state index < -0.39 is 5.56 Å². The summed E-state index contributed by atoms with van der Waals surface area (Å²) >= 11 is 12.1. The number of aromatic nitrogens is 2. The van der Waals surface area contributed by atoms with Crippen molar-refractivity contribution in [3.8, 4) is 6.07 Å². The molecule has 1 N–H and O–H groups in total. The number of likely N-dealkylation sites (tertiary alicyclic amines) is 1. The summed E-state index contributed by atoms with van der Waals surface area (Å²) in [4.78, 5) is 33.1. The summed E-state index contributed by atoms with van der Waals surface area (Å²) in [5, 5.41) is 10.0. The third kappa shape index (κ3) is 3.59. The number of halogens is 2. The number of hydrogen-bond acceptors (Lipinski definition) is 4. The summed E-state index contributed by atoms with van der Waals surface area (Å²) < 4.78 is 0. The number of nitrogens with one attached hydrogen (secondary N) is 1. The van der Waals surface area contributed by atoms with Gasteiger partial charge in [0, 0.05) is 30.9 Å². The first-order valence-electron chi connectivity index (χ1n) is 8.15. The summed E-state index contributed by atoms with van der Waals surface area (Å²) in [7, 11) is 0. The minimum Gasteiger partial charge on any atom is -0.339 e. The lowest BCUT2D eigenvalue weighted by atomic mass is 9.92. The molecule has 0 unspecified atom stereocenters. The van der Waals surface area contributed by atoms with Crippen LogP contribution in [0, 0.1) is 18.3 Å². The predicted octanol–water partition coefficient (Wildman–Crippen LogP) is 3.28. The summed E-state index contributed by atoms with van der Waals surface area (Å²) in [6.07, 6.45) is 3.04. The number of rotatable bonds is 2. The average Bonchev–Trinajstić information content (AvgIpc) is 2.62. The molecule has 26 heavy (non-hydrogen) atoms. The van der Waals surface area contributed by atoms with Crippen molar-refractivity contribution in [1.29, 1.82) is 5.26 Å². The largest absolute Gasteiger partial charge is 0.339 e. The highest BCUT2D eigenvalue weighted by molar-refractivity contribution is 6.34. The fourth-order valence-corrected chi connectivity index (χ4v) is 3.71. The Balaban J connectivity index is 1.75. The van der Waals surface area contributed by atoms with Gasteiger partial charge in [-0.2, -0.15) is 5.26 Å². The van der Waals surface area contributed by atoms with Crippen LogP contribution < -0.4 is 5.56 Å². The van der Waals surface area contributed by atoms with E-state index in [0.717, 1.165) is 18.5 Å². The number of H-pyrrole nitrogens is 1. The maximum absolute atomic E-state index is 12.8. The van der Waals surface area contributed by atoms with Crippen LogP contribution in [0.1, 0.15) is 46.1 Å². The number of nitrogens with zero attached hydrogens (tertiary/aromatic N) is 3. The molecule has 134 valence electrons. The molecule has 3 rings (SSSR count). The minimum absolute atomic E-state index is 0.0639. The van der Waals surface area contributed by atoms with Crippen molar-refractivity contribution in [2.45, 2.75) is 25.7 Å². The van der Waals surface area contributed by atoms with Gasteiger partial charge in [0.25, 0.3) is 11.5 Å². The number of piperidine rings is 1. The standard InChI is InChI=1S/C18H16Cl2N4O2/c1-10-14(6-12(8-21)17(25)23-10)18(26)24-4-2-11(3-5-24)16-15(20)7-13(19)9-22-16/h6-7,9,11H,2-5H2,1H3,(H,23,25). The third-order valence-corrected chi connectivity index (χ3v) is 5.10. The molecule has 1 aliphatic heterocycles. The van der Waals surface area contributed by atoms with Crippen LogP contribution in [0.4, 0.5) is 0 Å². The van der Waals surface area contributed by atoms with Crippen molar-refractivity contribution < 1.29 is 4.79 Å². The second-order valence-electron chi connectivity index (χ2n) is 6.25. The van der Waals surface area contributed by atoms with E-state index in [9.17, 15) is 9.59 Å². The van der Waals surface area contributed by atoms with Crippen LogP contribution in [-0.2, 0) is 0 Å². The lowest BCUT2D eigenvalue weighted by molar-refractivity contribution is 0.0711. The van der Waals surface area contributed by atoms with Gasteiger partial charge in [-0.1, -0.05) is 23.2 Å². The molecular weight excluding hydrogens is 375 g/mol. The number of hydrogen-bond donors (Lipinski definition) is 1. The molecule has 6 nitrogen and oxygen atoms in total. The monoisotopic (exact) mass is 390 g/mol. The maximum atomic E-state index is 12.8. The number of aryl methyl sites for hydroxylation is 1. The second-order valence-corrected chi connectivity index (χ2v) is 7.09. The van der Waals surface area contributed by atoms with E-state index in [0.29, 0.717) is 34.4 Å². The average molecular weight is 391 g/mol. The minimum atomic E-state index is -0.483. The molecule has 0 atom stereocenters. The van der Waals surface area contributed by atoms with Gasteiger partial charge < -0.3 is 9.88 Å². The van der Waals surface area contributed by atoms with Crippen LogP contribution in [-0.4, -0.2) is 33.9 Å². The van der Waals surface area contributed by atoms with Crippen LogP contribution in [0.3, 0.4) is 0 Å². The number of aromatic amines is 1. The molecule has 0 saturated carbocycles. The van der Waals surface area contributed by atoms with Gasteiger partial charge in [0.15, 0.2) is 0 Å². The number of carbonyl (C=O) groups excluding carboxylic acids is 1. The van der Waals surface area contributed by atoms with Gasteiger partial charge in [-0.25, -0.2) is 0 Å². The van der Waals surface area contributed by atoms with E-state index >= 15 is 0 Å². The summed E-state index contributed by atoms with van der Waals surface area (Å²) in [6, 6.07) is 4.85. The maximum Gasteiger partial charge on any atom is 0.266 e. The Bertz CT molecular complexity index is 957. The van der Waals surface area contributed by atoms with E-state index in [2.05, 4.69) is 9.97 Å². The summed E-state index contributed by atoms with van der Waals surface area (Å²) in [5.41, 5.74) is 1.07. The Hall–Kier alpha value is -2.36. The predicted molar refractivity (Wildman–Crippen MR) is 98.7 cm³/mol. The molecule has 0 aliphatic carbocycles. The molecule has 0 spiro atoms. The zero-order chi connectivity index (χ0) is 18.8. The molecule has 1 amide bonds. The quantitative estimate of drug-likeness (QED) is 0.851. The third-order valence-electron chi connectivity index (χ3n) is 4.59. The van der Waals surface area contributed by atoms with Gasteiger partial charge in [-0.3, -0.25) is 14.6 Å². The number of pyridine rings is 2. The van der Waals surface area contributed by atoms with Crippen molar-refractivity contribution in [3.63, 3.8) is 0 Å². The number of amides is 1. The smallest absolute Gasteiger partial charge is 0.266 e. The van der Waals surface area contributed by atoms with Gasteiger partial charge in [0.1, 0.15) is 11.6 Å². The number of carbonyl (C=O) groups is 1. The lowest BCUT2D eigenvalue weighted by Crippen LogP contribution is -2.39. The molecule has 1 fully saturated rings. The Morgan fingerprint density at radius 2 is 2.04 bits per heavy atom. The van der Waals surface area contributed by atoms with Crippen LogP contribution in [0.5, 0.6) is 0 Å². The van der Waals surface area contributed by atoms with Crippen LogP contribution >= 0.6 is 23.2 Å². The second kappa shape index (κ2) is 7.48. The SMILES string of the molecule is Cc1[nH]c(=O)c(C#N)cc1C(=O)N1CCC(c2ncc(Cl)cc2Cl)CC1. The van der Waals surface area contributed by atoms with Crippen molar-refractivity contribution in [3.05, 3.63) is 61.2 Å². The zero-order valence-electron chi connectivity index (χ0n) is 14.1. The van der Waals surface area contributed by atoms with E-state index in [-0.39, 0.29) is 17.4 Å². The summed E-state index contributed by atoms with van der Waals surface area (Å²) in [5.74, 6) is -0.0287. The first-order chi connectivity index (χ1) is 12.4. The summed E-state index contributed by atoms with van der Waals surface area (Å²) in [6.45, 7) is 2.75. The van der Waals surface area contributed by atoms with Gasteiger partial charge >= 0.3 is 0 Å². The fraction of sp³-hybridized carbons (Fsp3) is 0.333. The van der Waals surface area contributed by atoms with Crippen molar-refractivity contribution >= 4 is 29.1 Å². The molecule has 3 heterocycles. The Labute approximate surface area is 160 Å². The van der Waals surface area contributed by atoms with Gasteiger partial charge in [0.05, 0.1) is 21.3 Å². The first kappa shape index (κ1) is 18.4. The molecule has 2 aromatic heterocycles.